The molecule has 27 heavy (non-hydrogen) atoms. The van der Waals surface area contributed by atoms with Gasteiger partial charge < -0.3 is 15.7 Å². The minimum Gasteiger partial charge on any atom is -0.506 e. The van der Waals surface area contributed by atoms with Crippen molar-refractivity contribution in [1.82, 2.24) is 4.90 Å². The molecule has 0 saturated heterocycles. The van der Waals surface area contributed by atoms with Gasteiger partial charge in [0.1, 0.15) is 5.75 Å². The lowest BCUT2D eigenvalue weighted by Crippen LogP contribution is -2.39. The van der Waals surface area contributed by atoms with Crippen LogP contribution in [-0.2, 0) is 19.7 Å². The molecular formula is C15H22Cl2N2O6S2. The first kappa shape index (κ1) is 23.8. The Morgan fingerprint density at radius 1 is 0.963 bits per heavy atom. The Hall–Kier alpha value is -1.23. The smallest absolute Gasteiger partial charge is 0.253 e. The van der Waals surface area contributed by atoms with Crippen molar-refractivity contribution < 1.29 is 26.7 Å². The van der Waals surface area contributed by atoms with Gasteiger partial charge in [0.05, 0.1) is 28.7 Å². The van der Waals surface area contributed by atoms with E-state index in [0.29, 0.717) is 0 Å². The van der Waals surface area contributed by atoms with E-state index < -0.39 is 25.6 Å². The number of hydrogen-bond donors (Lipinski definition) is 2. The summed E-state index contributed by atoms with van der Waals surface area (Å²) in [6.07, 6.45) is 0. The molecule has 1 aromatic carbocycles. The van der Waals surface area contributed by atoms with Crippen LogP contribution in [0.25, 0.3) is 0 Å². The van der Waals surface area contributed by atoms with E-state index in [9.17, 15) is 26.7 Å². The maximum absolute atomic E-state index is 12.7. The van der Waals surface area contributed by atoms with Crippen molar-refractivity contribution in [3.63, 3.8) is 0 Å². The summed E-state index contributed by atoms with van der Waals surface area (Å²) in [4.78, 5) is 13.8. The number of carbonyl (C=O) groups excluding carboxylic acids is 1. The van der Waals surface area contributed by atoms with Gasteiger partial charge in [-0.05, 0) is 18.2 Å². The molecule has 1 aromatic rings. The van der Waals surface area contributed by atoms with Crippen molar-refractivity contribution in [2.45, 2.75) is 0 Å². The monoisotopic (exact) mass is 460 g/mol. The summed E-state index contributed by atoms with van der Waals surface area (Å²) in [6.45, 7) is -0.398. The highest BCUT2D eigenvalue weighted by Gasteiger charge is 2.22. The first-order chi connectivity index (χ1) is 12.5. The second-order valence-electron chi connectivity index (χ2n) is 5.75. The van der Waals surface area contributed by atoms with Crippen molar-refractivity contribution in [2.24, 2.45) is 0 Å². The molecule has 1 rings (SSSR count). The fourth-order valence-electron chi connectivity index (χ4n) is 2.12. The predicted molar refractivity (Wildman–Crippen MR) is 107 cm³/mol. The Balaban J connectivity index is 3.01. The Bertz CT molecular complexity index is 819. The predicted octanol–water partition coefficient (Wildman–Crippen LogP) is 0.724. The molecule has 3 N–H and O–H groups in total. The van der Waals surface area contributed by atoms with Crippen molar-refractivity contribution in [1.29, 1.82) is 0 Å². The molecule has 0 bridgehead atoms. The Morgan fingerprint density at radius 2 is 1.44 bits per heavy atom. The van der Waals surface area contributed by atoms with E-state index in [2.05, 4.69) is 0 Å². The van der Waals surface area contributed by atoms with Gasteiger partial charge >= 0.3 is 0 Å². The summed E-state index contributed by atoms with van der Waals surface area (Å²) in [5.74, 6) is -2.13. The normalized spacial score (nSPS) is 12.1. The standard InChI is InChI=1S/C15H22Cl2N2O6S2/c16-3-7-26(22,23)9-5-19(6-10-27(24,25)8-4-17)15(21)12-1-2-14(20)13(18)11-12/h1-2,11,20H,3-10,18H2. The van der Waals surface area contributed by atoms with Crippen LogP contribution in [0.15, 0.2) is 18.2 Å². The zero-order valence-corrected chi connectivity index (χ0v) is 17.6. The molecule has 0 unspecified atom stereocenters. The second kappa shape index (κ2) is 10.4. The molecule has 0 spiro atoms. The van der Waals surface area contributed by atoms with Gasteiger partial charge in [-0.25, -0.2) is 16.8 Å². The average molecular weight is 461 g/mol. The number of nitrogens with two attached hydrogens (primary N) is 1. The number of phenols is 1. The maximum Gasteiger partial charge on any atom is 0.253 e. The number of nitrogens with zero attached hydrogens (tertiary/aromatic N) is 1. The van der Waals surface area contributed by atoms with Crippen LogP contribution in [-0.4, -0.2) is 80.6 Å². The number of anilines is 1. The lowest BCUT2D eigenvalue weighted by atomic mass is 10.1. The molecule has 8 nitrogen and oxygen atoms in total. The average Bonchev–Trinajstić information content (AvgIpc) is 2.56. The summed E-state index contributed by atoms with van der Waals surface area (Å²) in [7, 11) is -6.96. The van der Waals surface area contributed by atoms with Crippen molar-refractivity contribution in [3.8, 4) is 5.75 Å². The molecule has 0 aromatic heterocycles. The first-order valence-corrected chi connectivity index (χ1v) is 12.6. The van der Waals surface area contributed by atoms with Gasteiger partial charge in [0.2, 0.25) is 0 Å². The SMILES string of the molecule is Nc1cc(C(=O)N(CCS(=O)(=O)CCCl)CCS(=O)(=O)CCCl)ccc1O. The fourth-order valence-corrected chi connectivity index (χ4v) is 5.41. The van der Waals surface area contributed by atoms with Crippen LogP contribution in [0.5, 0.6) is 5.75 Å². The molecule has 0 fully saturated rings. The number of carbonyl (C=O) groups is 1. The van der Waals surface area contributed by atoms with E-state index in [1.54, 1.807) is 0 Å². The van der Waals surface area contributed by atoms with Crippen molar-refractivity contribution in [2.75, 3.05) is 53.6 Å². The molecule has 0 aliphatic heterocycles. The number of hydrogen-bond acceptors (Lipinski definition) is 7. The van der Waals surface area contributed by atoms with Crippen LogP contribution in [0.1, 0.15) is 10.4 Å². The first-order valence-electron chi connectivity index (χ1n) is 7.92. The van der Waals surface area contributed by atoms with E-state index in [1.165, 1.54) is 18.2 Å². The molecule has 0 aliphatic carbocycles. The zero-order chi connectivity index (χ0) is 20.7. The van der Waals surface area contributed by atoms with Crippen molar-refractivity contribution >= 4 is 54.5 Å². The molecule has 0 saturated carbocycles. The second-order valence-corrected chi connectivity index (χ2v) is 11.1. The van der Waals surface area contributed by atoms with Crippen molar-refractivity contribution in [3.05, 3.63) is 23.8 Å². The number of sulfone groups is 2. The molecule has 0 radical (unpaired) electrons. The van der Waals surface area contributed by atoms with Gasteiger partial charge in [-0.2, -0.15) is 0 Å². The minimum atomic E-state index is -3.48. The summed E-state index contributed by atoms with van der Waals surface area (Å²) in [5.41, 5.74) is 5.67. The van der Waals surface area contributed by atoms with Gasteiger partial charge in [0, 0.05) is 30.4 Å². The quantitative estimate of drug-likeness (QED) is 0.282. The summed E-state index contributed by atoms with van der Waals surface area (Å²) in [6, 6.07) is 3.79. The number of aromatic hydroxyl groups is 1. The van der Waals surface area contributed by atoms with Gasteiger partial charge in [-0.15, -0.1) is 23.2 Å². The Labute approximate surface area is 169 Å². The molecule has 0 heterocycles. The highest BCUT2D eigenvalue weighted by atomic mass is 35.5. The third kappa shape index (κ3) is 8.12. The highest BCUT2D eigenvalue weighted by Crippen LogP contribution is 2.21. The molecule has 154 valence electrons. The number of nitrogen functional groups attached to an aromatic ring is 1. The van der Waals surface area contributed by atoms with E-state index in [0.717, 1.165) is 4.90 Å². The highest BCUT2D eigenvalue weighted by molar-refractivity contribution is 7.91. The zero-order valence-electron chi connectivity index (χ0n) is 14.5. The van der Waals surface area contributed by atoms with Crippen LogP contribution < -0.4 is 5.73 Å². The van der Waals surface area contributed by atoms with E-state index in [4.69, 9.17) is 28.9 Å². The molecular weight excluding hydrogens is 439 g/mol. The van der Waals surface area contributed by atoms with Gasteiger partial charge in [0.15, 0.2) is 19.7 Å². The number of halogens is 2. The fraction of sp³-hybridized carbons (Fsp3) is 0.533. The van der Waals surface area contributed by atoms with Crippen LogP contribution in [0.3, 0.4) is 0 Å². The van der Waals surface area contributed by atoms with Gasteiger partial charge in [-0.1, -0.05) is 0 Å². The molecule has 0 atom stereocenters. The molecule has 1 amide bonds. The molecule has 0 aliphatic rings. The lowest BCUT2D eigenvalue weighted by Gasteiger charge is -2.23. The van der Waals surface area contributed by atoms with E-state index in [-0.39, 0.29) is 64.9 Å². The Kier molecular flexibility index (Phi) is 9.13. The van der Waals surface area contributed by atoms with Crippen LogP contribution in [0.2, 0.25) is 0 Å². The van der Waals surface area contributed by atoms with Gasteiger partial charge in [-0.3, -0.25) is 4.79 Å². The number of benzene rings is 1. The van der Waals surface area contributed by atoms with Gasteiger partial charge in [0.25, 0.3) is 5.91 Å². The lowest BCUT2D eigenvalue weighted by molar-refractivity contribution is 0.0775. The van der Waals surface area contributed by atoms with Crippen LogP contribution in [0, 0.1) is 0 Å². The third-order valence-electron chi connectivity index (χ3n) is 3.68. The number of amides is 1. The minimum absolute atomic E-state index is 0.0228. The largest absolute Gasteiger partial charge is 0.506 e. The molecule has 12 heteroatoms. The van der Waals surface area contributed by atoms with Crippen LogP contribution >= 0.6 is 23.2 Å². The van der Waals surface area contributed by atoms with Crippen LogP contribution in [0.4, 0.5) is 5.69 Å². The number of phenolic OH excluding ortho intramolecular Hbond substituents is 1. The third-order valence-corrected chi connectivity index (χ3v) is 7.77. The summed E-state index contributed by atoms with van der Waals surface area (Å²) >= 11 is 10.9. The summed E-state index contributed by atoms with van der Waals surface area (Å²) in [5, 5.41) is 9.47. The number of rotatable bonds is 11. The Morgan fingerprint density at radius 3 is 1.85 bits per heavy atom. The maximum atomic E-state index is 12.7. The van der Waals surface area contributed by atoms with E-state index >= 15 is 0 Å². The summed E-state index contributed by atoms with van der Waals surface area (Å²) < 4.78 is 47.5. The van der Waals surface area contributed by atoms with E-state index in [1.807, 2.05) is 0 Å². The number of alkyl halides is 2. The topological polar surface area (TPSA) is 135 Å².